The first kappa shape index (κ1) is 14.5. The maximum Gasteiger partial charge on any atom is 0.426 e. The Morgan fingerprint density at radius 1 is 1.00 bits per heavy atom. The normalized spacial score (nSPS) is 16.6. The molecule has 0 fully saturated rings. The van der Waals surface area contributed by atoms with Gasteiger partial charge >= 0.3 is 12.4 Å². The van der Waals surface area contributed by atoms with Crippen molar-refractivity contribution in [1.29, 1.82) is 0 Å². The van der Waals surface area contributed by atoms with Crippen molar-refractivity contribution >= 4 is 0 Å². The Bertz CT molecular complexity index is 192. The van der Waals surface area contributed by atoms with Crippen LogP contribution in [0.3, 0.4) is 0 Å². The van der Waals surface area contributed by atoms with Crippen molar-refractivity contribution in [3.8, 4) is 0 Å². The van der Waals surface area contributed by atoms with Crippen LogP contribution in [0.2, 0.25) is 0 Å². The topological polar surface area (TPSA) is 9.23 Å². The molecule has 0 aliphatic rings. The highest BCUT2D eigenvalue weighted by Crippen LogP contribution is 2.50. The molecule has 15 heavy (non-hydrogen) atoms. The summed E-state index contributed by atoms with van der Waals surface area (Å²) in [6.07, 6.45) is -11.2. The van der Waals surface area contributed by atoms with E-state index in [1.54, 1.807) is 0 Å². The minimum absolute atomic E-state index is 0.285. The Labute approximate surface area is 83.4 Å². The van der Waals surface area contributed by atoms with Gasteiger partial charge in [0.2, 0.25) is 0 Å². The predicted molar refractivity (Wildman–Crippen MR) is 41.3 cm³/mol. The summed E-state index contributed by atoms with van der Waals surface area (Å²) in [7, 11) is 0.424. The van der Waals surface area contributed by atoms with Crippen LogP contribution in [0.25, 0.3) is 0 Å². The van der Waals surface area contributed by atoms with E-state index in [-0.39, 0.29) is 6.42 Å². The van der Waals surface area contributed by atoms with E-state index in [0.29, 0.717) is 7.11 Å². The van der Waals surface area contributed by atoms with Crippen molar-refractivity contribution in [3.63, 3.8) is 0 Å². The van der Waals surface area contributed by atoms with Crippen LogP contribution < -0.4 is 0 Å². The van der Waals surface area contributed by atoms with Crippen molar-refractivity contribution in [2.75, 3.05) is 7.11 Å². The lowest BCUT2D eigenvalue weighted by Crippen LogP contribution is -2.62. The molecule has 7 heteroatoms. The van der Waals surface area contributed by atoms with Crippen LogP contribution in [-0.4, -0.2) is 25.1 Å². The van der Waals surface area contributed by atoms with Gasteiger partial charge in [-0.15, -0.1) is 0 Å². The zero-order chi connectivity index (χ0) is 12.5. The number of hydrogen-bond acceptors (Lipinski definition) is 1. The fraction of sp³-hybridized carbons (Fsp3) is 1.00. The number of methoxy groups -OCH3 is 1. The van der Waals surface area contributed by atoms with E-state index >= 15 is 0 Å². The van der Waals surface area contributed by atoms with Crippen molar-refractivity contribution in [2.24, 2.45) is 5.92 Å². The molecule has 0 aromatic rings. The largest absolute Gasteiger partial charge is 0.426 e. The van der Waals surface area contributed by atoms with Crippen molar-refractivity contribution in [1.82, 2.24) is 0 Å². The summed E-state index contributed by atoms with van der Waals surface area (Å²) in [6, 6.07) is 0. The van der Waals surface area contributed by atoms with Gasteiger partial charge < -0.3 is 4.74 Å². The van der Waals surface area contributed by atoms with Gasteiger partial charge in [-0.25, -0.2) is 0 Å². The Morgan fingerprint density at radius 3 is 1.40 bits per heavy atom. The SMILES string of the molecule is CC[C@@H](C)C(OC)(C(F)(F)F)C(F)(F)F. The molecular weight excluding hydrogens is 226 g/mol. The molecule has 0 heterocycles. The van der Waals surface area contributed by atoms with Crippen molar-refractivity contribution < 1.29 is 31.1 Å². The molecule has 0 rings (SSSR count). The summed E-state index contributed by atoms with van der Waals surface area (Å²) in [5.41, 5.74) is -4.07. The van der Waals surface area contributed by atoms with E-state index in [4.69, 9.17) is 0 Å². The lowest BCUT2D eigenvalue weighted by atomic mass is 9.85. The van der Waals surface area contributed by atoms with E-state index < -0.39 is 23.9 Å². The van der Waals surface area contributed by atoms with Gasteiger partial charge in [-0.1, -0.05) is 20.3 Å². The van der Waals surface area contributed by atoms with E-state index in [2.05, 4.69) is 4.74 Å². The molecule has 0 aliphatic carbocycles. The standard InChI is InChI=1S/C8H12F6O/c1-4-5(2)6(15-3,7(9,10)11)8(12,13)14/h5H,4H2,1-3H3/t5-/m1/s1. The fourth-order valence-corrected chi connectivity index (χ4v) is 1.44. The molecule has 0 spiro atoms. The second-order valence-electron chi connectivity index (χ2n) is 3.24. The first-order valence-corrected chi connectivity index (χ1v) is 4.23. The van der Waals surface area contributed by atoms with Crippen LogP contribution >= 0.6 is 0 Å². The molecule has 0 aliphatic heterocycles. The van der Waals surface area contributed by atoms with E-state index in [9.17, 15) is 26.3 Å². The monoisotopic (exact) mass is 238 g/mol. The number of hydrogen-bond donors (Lipinski definition) is 0. The lowest BCUT2D eigenvalue weighted by Gasteiger charge is -2.40. The molecule has 1 nitrogen and oxygen atoms in total. The average molecular weight is 238 g/mol. The van der Waals surface area contributed by atoms with Gasteiger partial charge in [0.05, 0.1) is 0 Å². The van der Waals surface area contributed by atoms with Gasteiger partial charge in [-0.2, -0.15) is 26.3 Å². The van der Waals surface area contributed by atoms with Crippen molar-refractivity contribution in [3.05, 3.63) is 0 Å². The first-order chi connectivity index (χ1) is 6.54. The van der Waals surface area contributed by atoms with Crippen LogP contribution in [0.1, 0.15) is 20.3 Å². The summed E-state index contributed by atoms with van der Waals surface area (Å²) >= 11 is 0. The number of halogens is 6. The minimum atomic E-state index is -5.48. The highest BCUT2D eigenvalue weighted by molar-refractivity contribution is 4.99. The number of alkyl halides is 6. The molecule has 92 valence electrons. The second kappa shape index (κ2) is 4.19. The van der Waals surface area contributed by atoms with Crippen molar-refractivity contribution in [2.45, 2.75) is 38.2 Å². The number of rotatable bonds is 3. The Kier molecular flexibility index (Phi) is 4.06. The first-order valence-electron chi connectivity index (χ1n) is 4.23. The second-order valence-corrected chi connectivity index (χ2v) is 3.24. The molecule has 1 atom stereocenters. The Hall–Kier alpha value is -0.460. The quantitative estimate of drug-likeness (QED) is 0.683. The van der Waals surface area contributed by atoms with Gasteiger partial charge in [0, 0.05) is 13.0 Å². The maximum atomic E-state index is 12.5. The van der Waals surface area contributed by atoms with Gasteiger partial charge in [0.25, 0.3) is 5.60 Å². The third kappa shape index (κ3) is 2.21. The highest BCUT2D eigenvalue weighted by atomic mass is 19.4. The zero-order valence-corrected chi connectivity index (χ0v) is 8.46. The molecule has 0 N–H and O–H groups in total. The number of ether oxygens (including phenoxy) is 1. The van der Waals surface area contributed by atoms with Gasteiger partial charge in [0.15, 0.2) is 0 Å². The van der Waals surface area contributed by atoms with Crippen LogP contribution in [-0.2, 0) is 4.74 Å². The molecule has 0 aromatic carbocycles. The molecule has 0 amide bonds. The summed E-state index contributed by atoms with van der Waals surface area (Å²) < 4.78 is 78.6. The molecule has 0 bridgehead atoms. The third-order valence-corrected chi connectivity index (χ3v) is 2.47. The minimum Gasteiger partial charge on any atom is -0.361 e. The molecule has 0 unspecified atom stereocenters. The molecule has 0 aromatic heterocycles. The van der Waals surface area contributed by atoms with E-state index in [0.717, 1.165) is 6.92 Å². The Morgan fingerprint density at radius 2 is 1.33 bits per heavy atom. The van der Waals surface area contributed by atoms with E-state index in [1.807, 2.05) is 0 Å². The van der Waals surface area contributed by atoms with Crippen LogP contribution in [0.4, 0.5) is 26.3 Å². The van der Waals surface area contributed by atoms with Crippen LogP contribution in [0, 0.1) is 5.92 Å². The Balaban J connectivity index is 5.53. The predicted octanol–water partition coefficient (Wildman–Crippen LogP) is 3.54. The summed E-state index contributed by atoms with van der Waals surface area (Å²) in [5.74, 6) is -1.69. The van der Waals surface area contributed by atoms with Gasteiger partial charge in [-0.3, -0.25) is 0 Å². The molecule has 0 saturated carbocycles. The molecular formula is C8H12F6O. The van der Waals surface area contributed by atoms with Gasteiger partial charge in [0.1, 0.15) is 0 Å². The third-order valence-electron chi connectivity index (χ3n) is 2.47. The van der Waals surface area contributed by atoms with E-state index in [1.165, 1.54) is 6.92 Å². The summed E-state index contributed by atoms with van der Waals surface area (Å²) in [6.45, 7) is 2.11. The van der Waals surface area contributed by atoms with Crippen LogP contribution in [0.15, 0.2) is 0 Å². The average Bonchev–Trinajstić information content (AvgIpc) is 2.00. The molecule has 0 saturated heterocycles. The van der Waals surface area contributed by atoms with Gasteiger partial charge in [-0.05, 0) is 0 Å². The highest BCUT2D eigenvalue weighted by Gasteiger charge is 2.73. The fourth-order valence-electron chi connectivity index (χ4n) is 1.44. The van der Waals surface area contributed by atoms with Crippen LogP contribution in [0.5, 0.6) is 0 Å². The lowest BCUT2D eigenvalue weighted by molar-refractivity contribution is -0.390. The summed E-state index contributed by atoms with van der Waals surface area (Å²) in [4.78, 5) is 0. The maximum absolute atomic E-state index is 12.5. The zero-order valence-electron chi connectivity index (χ0n) is 8.46. The molecule has 0 radical (unpaired) electrons. The smallest absolute Gasteiger partial charge is 0.361 e. The summed E-state index contributed by atoms with van der Waals surface area (Å²) in [5, 5.41) is 0.